The number of sulfone groups is 1. The highest BCUT2D eigenvalue weighted by atomic mass is 32.2. The van der Waals surface area contributed by atoms with Gasteiger partial charge in [0.1, 0.15) is 6.04 Å². The molecular weight excluding hydrogens is 206 g/mol. The minimum atomic E-state index is -2.89. The third kappa shape index (κ3) is 2.95. The molecule has 1 aliphatic rings. The number of carbonyl (C=O) groups excluding carboxylic acids is 1. The van der Waals surface area contributed by atoms with Gasteiger partial charge in [0.05, 0.1) is 18.6 Å². The molecule has 2 atom stereocenters. The predicted octanol–water partition coefficient (Wildman–Crippen LogP) is -0.675. The molecule has 0 spiro atoms. The Balaban J connectivity index is 2.43. The van der Waals surface area contributed by atoms with Gasteiger partial charge in [-0.25, -0.2) is 8.42 Å². The van der Waals surface area contributed by atoms with E-state index < -0.39 is 15.9 Å². The standard InChI is InChI=1S/C8H15NO4S/c1-6(8(10)13-2)9-7-3-4-14(11,12)5-7/h6-7,9H,3-5H2,1-2H3/t6-,7+/m1/s1. The van der Waals surface area contributed by atoms with Crippen LogP contribution in [0.15, 0.2) is 0 Å². The molecule has 0 aromatic rings. The number of carbonyl (C=O) groups is 1. The number of esters is 1. The van der Waals surface area contributed by atoms with E-state index in [9.17, 15) is 13.2 Å². The van der Waals surface area contributed by atoms with Gasteiger partial charge in [0.25, 0.3) is 0 Å². The molecule has 1 fully saturated rings. The van der Waals surface area contributed by atoms with E-state index in [2.05, 4.69) is 10.1 Å². The van der Waals surface area contributed by atoms with Gasteiger partial charge in [-0.2, -0.15) is 0 Å². The van der Waals surface area contributed by atoms with Crippen molar-refractivity contribution in [2.75, 3.05) is 18.6 Å². The predicted molar refractivity (Wildman–Crippen MR) is 51.7 cm³/mol. The zero-order valence-corrected chi connectivity index (χ0v) is 9.13. The van der Waals surface area contributed by atoms with Crippen molar-refractivity contribution < 1.29 is 17.9 Å². The lowest BCUT2D eigenvalue weighted by molar-refractivity contribution is -0.142. The van der Waals surface area contributed by atoms with Gasteiger partial charge < -0.3 is 10.1 Å². The van der Waals surface area contributed by atoms with E-state index >= 15 is 0 Å². The van der Waals surface area contributed by atoms with E-state index in [1.165, 1.54) is 7.11 Å². The highest BCUT2D eigenvalue weighted by molar-refractivity contribution is 7.91. The summed E-state index contributed by atoms with van der Waals surface area (Å²) >= 11 is 0. The molecule has 0 radical (unpaired) electrons. The van der Waals surface area contributed by atoms with E-state index in [1.54, 1.807) is 6.92 Å². The summed E-state index contributed by atoms with van der Waals surface area (Å²) in [6, 6.07) is -0.563. The SMILES string of the molecule is COC(=O)[C@@H](C)N[C@H]1CCS(=O)(=O)C1. The number of rotatable bonds is 3. The topological polar surface area (TPSA) is 72.5 Å². The molecule has 0 amide bonds. The van der Waals surface area contributed by atoms with Crippen LogP contribution in [0.2, 0.25) is 0 Å². The molecule has 1 saturated heterocycles. The number of hydrogen-bond donors (Lipinski definition) is 1. The molecule has 1 N–H and O–H groups in total. The lowest BCUT2D eigenvalue weighted by Gasteiger charge is -2.15. The molecular formula is C8H15NO4S. The fourth-order valence-corrected chi connectivity index (χ4v) is 3.21. The maximum absolute atomic E-state index is 11.1. The van der Waals surface area contributed by atoms with Crippen LogP contribution in [-0.4, -0.2) is 45.1 Å². The third-order valence-corrected chi connectivity index (χ3v) is 4.04. The summed E-state index contributed by atoms with van der Waals surface area (Å²) in [5.41, 5.74) is 0. The van der Waals surface area contributed by atoms with Crippen LogP contribution in [0.1, 0.15) is 13.3 Å². The summed E-state index contributed by atoms with van der Waals surface area (Å²) in [6.45, 7) is 1.66. The van der Waals surface area contributed by atoms with E-state index in [-0.39, 0.29) is 23.5 Å². The minimum Gasteiger partial charge on any atom is -0.468 e. The maximum atomic E-state index is 11.1. The molecule has 14 heavy (non-hydrogen) atoms. The van der Waals surface area contributed by atoms with Crippen LogP contribution < -0.4 is 5.32 Å². The molecule has 0 aromatic carbocycles. The van der Waals surface area contributed by atoms with Crippen LogP contribution in [0.25, 0.3) is 0 Å². The second-order valence-corrected chi connectivity index (χ2v) is 5.74. The molecule has 0 bridgehead atoms. The Morgan fingerprint density at radius 3 is 2.64 bits per heavy atom. The fraction of sp³-hybridized carbons (Fsp3) is 0.875. The summed E-state index contributed by atoms with van der Waals surface area (Å²) in [5.74, 6) is -0.0401. The normalized spacial score (nSPS) is 27.1. The third-order valence-electron chi connectivity index (χ3n) is 2.27. The monoisotopic (exact) mass is 221 g/mol. The average molecular weight is 221 g/mol. The van der Waals surface area contributed by atoms with Gasteiger partial charge in [0, 0.05) is 6.04 Å². The van der Waals surface area contributed by atoms with Gasteiger partial charge in [-0.15, -0.1) is 0 Å². The van der Waals surface area contributed by atoms with Gasteiger partial charge in [0.2, 0.25) is 0 Å². The Hall–Kier alpha value is -0.620. The molecule has 5 nitrogen and oxygen atoms in total. The summed E-state index contributed by atoms with van der Waals surface area (Å²) in [7, 11) is -1.58. The summed E-state index contributed by atoms with van der Waals surface area (Å²) < 4.78 is 26.7. The van der Waals surface area contributed by atoms with Crippen molar-refractivity contribution in [2.45, 2.75) is 25.4 Å². The second kappa shape index (κ2) is 4.27. The highest BCUT2D eigenvalue weighted by Gasteiger charge is 2.29. The molecule has 0 aliphatic carbocycles. The average Bonchev–Trinajstić information content (AvgIpc) is 2.44. The molecule has 1 heterocycles. The zero-order valence-electron chi connectivity index (χ0n) is 8.32. The van der Waals surface area contributed by atoms with Crippen molar-refractivity contribution in [1.82, 2.24) is 5.32 Å². The number of hydrogen-bond acceptors (Lipinski definition) is 5. The van der Waals surface area contributed by atoms with Crippen molar-refractivity contribution in [3.8, 4) is 0 Å². The van der Waals surface area contributed by atoms with Crippen LogP contribution in [0.4, 0.5) is 0 Å². The van der Waals surface area contributed by atoms with Gasteiger partial charge in [-0.1, -0.05) is 0 Å². The van der Waals surface area contributed by atoms with Crippen LogP contribution in [0, 0.1) is 0 Å². The highest BCUT2D eigenvalue weighted by Crippen LogP contribution is 2.11. The lowest BCUT2D eigenvalue weighted by Crippen LogP contribution is -2.42. The van der Waals surface area contributed by atoms with Crippen molar-refractivity contribution in [2.24, 2.45) is 0 Å². The first kappa shape index (κ1) is 11.5. The van der Waals surface area contributed by atoms with E-state index in [1.807, 2.05) is 0 Å². The minimum absolute atomic E-state index is 0.117. The fourth-order valence-electron chi connectivity index (χ4n) is 1.52. The van der Waals surface area contributed by atoms with Crippen LogP contribution in [-0.2, 0) is 19.4 Å². The Morgan fingerprint density at radius 1 is 1.57 bits per heavy atom. The van der Waals surface area contributed by atoms with Crippen LogP contribution >= 0.6 is 0 Å². The van der Waals surface area contributed by atoms with Crippen LogP contribution in [0.5, 0.6) is 0 Å². The second-order valence-electron chi connectivity index (χ2n) is 3.51. The molecule has 1 aliphatic heterocycles. The van der Waals surface area contributed by atoms with E-state index in [0.717, 1.165) is 0 Å². The maximum Gasteiger partial charge on any atom is 0.322 e. The molecule has 0 aromatic heterocycles. The molecule has 0 unspecified atom stereocenters. The summed E-state index contributed by atoms with van der Waals surface area (Å²) in [6.07, 6.45) is 0.573. The van der Waals surface area contributed by atoms with Gasteiger partial charge in [-0.05, 0) is 13.3 Å². The van der Waals surface area contributed by atoms with Crippen molar-refractivity contribution in [1.29, 1.82) is 0 Å². The van der Waals surface area contributed by atoms with Gasteiger partial charge in [0.15, 0.2) is 9.84 Å². The molecule has 1 rings (SSSR count). The summed E-state index contributed by atoms with van der Waals surface area (Å²) in [4.78, 5) is 11.0. The Kier molecular flexibility index (Phi) is 3.49. The molecule has 82 valence electrons. The zero-order chi connectivity index (χ0) is 10.8. The van der Waals surface area contributed by atoms with E-state index in [0.29, 0.717) is 6.42 Å². The first-order valence-electron chi connectivity index (χ1n) is 4.49. The van der Waals surface area contributed by atoms with Gasteiger partial charge >= 0.3 is 5.97 Å². The first-order chi connectivity index (χ1) is 6.44. The Bertz CT molecular complexity index is 311. The van der Waals surface area contributed by atoms with Crippen molar-refractivity contribution in [3.63, 3.8) is 0 Å². The summed E-state index contributed by atoms with van der Waals surface area (Å²) in [5, 5.41) is 2.93. The first-order valence-corrected chi connectivity index (χ1v) is 6.31. The Labute approximate surface area is 83.7 Å². The lowest BCUT2D eigenvalue weighted by atomic mass is 10.2. The van der Waals surface area contributed by atoms with E-state index in [4.69, 9.17) is 0 Å². The number of methoxy groups -OCH3 is 1. The smallest absolute Gasteiger partial charge is 0.322 e. The van der Waals surface area contributed by atoms with Gasteiger partial charge in [-0.3, -0.25) is 4.79 Å². The quantitative estimate of drug-likeness (QED) is 0.640. The van der Waals surface area contributed by atoms with Crippen molar-refractivity contribution >= 4 is 15.8 Å². The molecule has 0 saturated carbocycles. The number of ether oxygens (including phenoxy) is 1. The largest absolute Gasteiger partial charge is 0.468 e. The number of nitrogens with one attached hydrogen (secondary N) is 1. The van der Waals surface area contributed by atoms with Crippen LogP contribution in [0.3, 0.4) is 0 Å². The van der Waals surface area contributed by atoms with Crippen molar-refractivity contribution in [3.05, 3.63) is 0 Å². The molecule has 6 heteroatoms. The Morgan fingerprint density at radius 2 is 2.21 bits per heavy atom.